The van der Waals surface area contributed by atoms with Crippen molar-refractivity contribution in [3.05, 3.63) is 82.9 Å². The quantitative estimate of drug-likeness (QED) is 0.491. The highest BCUT2D eigenvalue weighted by atomic mass is 32.2. The lowest BCUT2D eigenvalue weighted by Crippen LogP contribution is -2.40. The third-order valence-electron chi connectivity index (χ3n) is 4.91. The first-order valence-electron chi connectivity index (χ1n) is 8.59. The average molecular weight is 417 g/mol. The zero-order chi connectivity index (χ0) is 21.6. The van der Waals surface area contributed by atoms with Crippen LogP contribution in [0.2, 0.25) is 0 Å². The van der Waals surface area contributed by atoms with Crippen molar-refractivity contribution in [1.29, 1.82) is 0 Å². The topological polar surface area (TPSA) is 95.7 Å². The molecule has 0 spiro atoms. The molecular weight excluding hydrogens is 401 g/mol. The summed E-state index contributed by atoms with van der Waals surface area (Å²) in [5, 5.41) is 0. The van der Waals surface area contributed by atoms with Gasteiger partial charge in [-0.3, -0.25) is 4.79 Å². The molecule has 2 aromatic rings. The van der Waals surface area contributed by atoms with Gasteiger partial charge in [-0.2, -0.15) is 8.42 Å². The van der Waals surface area contributed by atoms with Crippen molar-refractivity contribution in [2.24, 2.45) is 5.73 Å². The van der Waals surface area contributed by atoms with Gasteiger partial charge in [-0.15, -0.1) is 0 Å². The van der Waals surface area contributed by atoms with Crippen LogP contribution in [0.1, 0.15) is 11.1 Å². The van der Waals surface area contributed by atoms with Gasteiger partial charge in [0.1, 0.15) is 27.3 Å². The summed E-state index contributed by atoms with van der Waals surface area (Å²) >= 11 is 0. The number of nitrogens with two attached hydrogens (primary N) is 1. The van der Waals surface area contributed by atoms with Gasteiger partial charge in [0.25, 0.3) is 0 Å². The van der Waals surface area contributed by atoms with E-state index in [0.29, 0.717) is 5.56 Å². The van der Waals surface area contributed by atoms with Crippen LogP contribution in [0.5, 0.6) is 0 Å². The molecule has 0 aromatic heterocycles. The molecule has 0 amide bonds. The Morgan fingerprint density at radius 2 is 1.72 bits per heavy atom. The molecule has 1 atom stereocenters. The Kier molecular flexibility index (Phi) is 5.02. The average Bonchev–Trinajstić information content (AvgIpc) is 2.88. The van der Waals surface area contributed by atoms with Crippen molar-refractivity contribution in [2.75, 3.05) is 0 Å². The molecule has 0 radical (unpaired) electrons. The number of rotatable bonds is 5. The molecule has 0 bridgehead atoms. The summed E-state index contributed by atoms with van der Waals surface area (Å²) in [6.07, 6.45) is 0. The fourth-order valence-corrected chi connectivity index (χ4v) is 3.97. The van der Waals surface area contributed by atoms with Gasteiger partial charge in [-0.1, -0.05) is 30.3 Å². The van der Waals surface area contributed by atoms with E-state index in [1.807, 2.05) is 0 Å². The summed E-state index contributed by atoms with van der Waals surface area (Å²) in [6.45, 7) is 0. The lowest BCUT2D eigenvalue weighted by molar-refractivity contribution is -0.126. The maximum Gasteiger partial charge on any atom is 0.304 e. The molecule has 2 N–H and O–H groups in total. The van der Waals surface area contributed by atoms with E-state index in [1.54, 1.807) is 30.3 Å². The normalized spacial score (nSPS) is 19.9. The predicted octanol–water partition coefficient (Wildman–Crippen LogP) is -1.10. The second kappa shape index (κ2) is 6.94. The Morgan fingerprint density at radius 3 is 2.34 bits per heavy atom. The summed E-state index contributed by atoms with van der Waals surface area (Å²) in [5.74, 6) is -4.16. The van der Waals surface area contributed by atoms with Crippen molar-refractivity contribution in [3.63, 3.8) is 0 Å². The van der Waals surface area contributed by atoms with E-state index >= 15 is 0 Å². The van der Waals surface area contributed by atoms with E-state index in [9.17, 15) is 22.0 Å². The highest BCUT2D eigenvalue weighted by Gasteiger charge is 2.52. The minimum Gasteiger partial charge on any atom is -0.467 e. The molecule has 0 saturated carbocycles. The molecule has 2 aromatic carbocycles. The molecule has 0 saturated heterocycles. The second-order valence-electron chi connectivity index (χ2n) is 7.20. The number of ketones is 1. The second-order valence-corrected chi connectivity index (χ2v) is 9.29. The SMILES string of the molecule is BC(B)(c1ccccc1)S(=O)(=O)OC1=C(N)O[C@](B)(c2cc(F)ccc2F)C1=O. The first-order chi connectivity index (χ1) is 13.4. The Morgan fingerprint density at radius 1 is 1.10 bits per heavy atom. The standard InChI is InChI=1S/C17H16B3F2NO5S/c18-16(11-8-10(21)6-7-12(11)22)14(24)13(15(23)27-16)28-29(25,26)17(19,20)9-4-2-1-3-5-9/h1-8H,18-20,23H2/t16-/m1/s1. The van der Waals surface area contributed by atoms with E-state index in [1.165, 1.54) is 15.7 Å². The summed E-state index contributed by atoms with van der Waals surface area (Å²) in [5.41, 5.74) is 3.61. The third-order valence-corrected chi connectivity index (χ3v) is 6.78. The van der Waals surface area contributed by atoms with Gasteiger partial charge < -0.3 is 14.7 Å². The number of hydrogen-bond acceptors (Lipinski definition) is 6. The van der Waals surface area contributed by atoms with E-state index in [4.69, 9.17) is 14.7 Å². The van der Waals surface area contributed by atoms with E-state index in [-0.39, 0.29) is 0 Å². The van der Waals surface area contributed by atoms with Crippen LogP contribution in [0.3, 0.4) is 0 Å². The molecule has 0 unspecified atom stereocenters. The van der Waals surface area contributed by atoms with Gasteiger partial charge >= 0.3 is 10.1 Å². The van der Waals surface area contributed by atoms with Crippen molar-refractivity contribution < 1.29 is 30.9 Å². The van der Waals surface area contributed by atoms with Gasteiger partial charge in [0.15, 0.2) is 13.3 Å². The van der Waals surface area contributed by atoms with Gasteiger partial charge in [-0.05, 0) is 23.8 Å². The van der Waals surface area contributed by atoms with Crippen molar-refractivity contribution >= 4 is 39.4 Å². The molecule has 1 aliphatic heterocycles. The van der Waals surface area contributed by atoms with Crippen LogP contribution >= 0.6 is 0 Å². The summed E-state index contributed by atoms with van der Waals surface area (Å²) < 4.78 is 62.5. The smallest absolute Gasteiger partial charge is 0.304 e. The molecular formula is C17H16B3F2NO5S. The fourth-order valence-electron chi connectivity index (χ4n) is 2.96. The molecule has 0 fully saturated rings. The Bertz CT molecular complexity index is 1130. The Labute approximate surface area is 169 Å². The van der Waals surface area contributed by atoms with Gasteiger partial charge in [0, 0.05) is 5.56 Å². The largest absolute Gasteiger partial charge is 0.467 e. The van der Waals surface area contributed by atoms with Crippen LogP contribution in [0.15, 0.2) is 60.2 Å². The minimum atomic E-state index is -4.42. The first-order valence-corrected chi connectivity index (χ1v) is 9.99. The van der Waals surface area contributed by atoms with Crippen LogP contribution in [0, 0.1) is 11.6 Å². The lowest BCUT2D eigenvalue weighted by atomic mass is 9.65. The summed E-state index contributed by atoms with van der Waals surface area (Å²) in [6, 6.07) is 10.7. The Balaban J connectivity index is 1.97. The first kappa shape index (κ1) is 21.0. The fraction of sp³-hybridized carbons (Fsp3) is 0.118. The molecule has 148 valence electrons. The predicted molar refractivity (Wildman–Crippen MR) is 109 cm³/mol. The Hall–Kier alpha value is -2.75. The minimum absolute atomic E-state index is 0.421. The lowest BCUT2D eigenvalue weighted by Gasteiger charge is -2.26. The zero-order valence-corrected chi connectivity index (χ0v) is 16.7. The molecule has 1 heterocycles. The van der Waals surface area contributed by atoms with Crippen LogP contribution in [-0.2, 0) is 33.9 Å². The number of carbonyl (C=O) groups is 1. The molecule has 0 aliphatic carbocycles. The van der Waals surface area contributed by atoms with Crippen LogP contribution in [-0.4, -0.2) is 37.7 Å². The van der Waals surface area contributed by atoms with Gasteiger partial charge in [0.2, 0.25) is 17.4 Å². The number of ether oxygens (including phenoxy) is 1. The van der Waals surface area contributed by atoms with Gasteiger partial charge in [0.05, 0.1) is 4.55 Å². The van der Waals surface area contributed by atoms with E-state index < -0.39 is 54.8 Å². The number of benzene rings is 2. The number of hydrogen-bond donors (Lipinski definition) is 1. The van der Waals surface area contributed by atoms with Gasteiger partial charge in [-0.25, -0.2) is 8.78 Å². The van der Waals surface area contributed by atoms with Crippen molar-refractivity contribution in [3.8, 4) is 0 Å². The summed E-state index contributed by atoms with van der Waals surface area (Å²) in [4.78, 5) is 12.9. The zero-order valence-electron chi connectivity index (χ0n) is 15.9. The maximum atomic E-state index is 14.2. The number of halogens is 2. The molecule has 1 aliphatic rings. The van der Waals surface area contributed by atoms with Crippen molar-refractivity contribution in [2.45, 2.75) is 10.0 Å². The monoisotopic (exact) mass is 417 g/mol. The third kappa shape index (κ3) is 3.41. The number of carbonyl (C=O) groups excluding carboxylic acids is 1. The van der Waals surface area contributed by atoms with Crippen LogP contribution in [0.4, 0.5) is 8.78 Å². The summed E-state index contributed by atoms with van der Waals surface area (Å²) in [7, 11) is -0.455. The maximum absolute atomic E-state index is 14.2. The molecule has 3 rings (SSSR count). The molecule has 29 heavy (non-hydrogen) atoms. The number of Topliss-reactive ketones (excluding diaryl/α,β-unsaturated/α-hetero) is 1. The van der Waals surface area contributed by atoms with Crippen LogP contribution < -0.4 is 5.73 Å². The van der Waals surface area contributed by atoms with Crippen LogP contribution in [0.25, 0.3) is 0 Å². The van der Waals surface area contributed by atoms with E-state index in [2.05, 4.69) is 0 Å². The van der Waals surface area contributed by atoms with Crippen molar-refractivity contribution in [1.82, 2.24) is 0 Å². The van der Waals surface area contributed by atoms with E-state index in [0.717, 1.165) is 26.0 Å². The molecule has 12 heteroatoms. The highest BCUT2D eigenvalue weighted by Crippen LogP contribution is 2.39. The highest BCUT2D eigenvalue weighted by molar-refractivity contribution is 7.90. The molecule has 6 nitrogen and oxygen atoms in total.